The Kier molecular flexibility index (Phi) is 3.84. The molecule has 0 amide bonds. The maximum Gasteiger partial charge on any atom is 0.148 e. The van der Waals surface area contributed by atoms with E-state index in [1.165, 1.54) is 19.2 Å². The highest BCUT2D eigenvalue weighted by Gasteiger charge is 2.21. The molecule has 2 aromatic rings. The van der Waals surface area contributed by atoms with Crippen molar-refractivity contribution in [2.75, 3.05) is 19.0 Å². The Bertz CT molecular complexity index is 632. The van der Waals surface area contributed by atoms with Crippen LogP contribution in [0.3, 0.4) is 0 Å². The monoisotopic (exact) mass is 276 g/mol. The lowest BCUT2D eigenvalue weighted by molar-refractivity contribution is 0.415. The van der Waals surface area contributed by atoms with Gasteiger partial charge in [-0.1, -0.05) is 20.8 Å². The highest BCUT2D eigenvalue weighted by molar-refractivity contribution is 5.87. The van der Waals surface area contributed by atoms with Crippen LogP contribution in [0.4, 0.5) is 10.2 Å². The molecule has 2 rings (SSSR count). The van der Waals surface area contributed by atoms with Crippen molar-refractivity contribution in [1.29, 1.82) is 0 Å². The molecule has 0 atom stereocenters. The zero-order valence-electron chi connectivity index (χ0n) is 12.7. The zero-order valence-corrected chi connectivity index (χ0v) is 12.7. The fourth-order valence-corrected chi connectivity index (χ4v) is 2.25. The summed E-state index contributed by atoms with van der Waals surface area (Å²) in [5.74, 6) is 0.976. The molecular weight excluding hydrogens is 255 g/mol. The number of benzene rings is 1. The standard InChI is InChI=1S/C16H21FN2O/c1-6-18-15-12(16(2,3)4)8-10-7-11(17)9-13(20-5)14(10)19-15/h7-9H,6H2,1-5H3,(H,18,19). The van der Waals surface area contributed by atoms with Gasteiger partial charge in [0.1, 0.15) is 22.9 Å². The predicted octanol–water partition coefficient (Wildman–Crippen LogP) is 4.11. The van der Waals surface area contributed by atoms with Crippen LogP contribution in [0.1, 0.15) is 33.3 Å². The maximum atomic E-state index is 13.6. The molecule has 20 heavy (non-hydrogen) atoms. The van der Waals surface area contributed by atoms with Gasteiger partial charge in [0.15, 0.2) is 0 Å². The van der Waals surface area contributed by atoms with E-state index in [4.69, 9.17) is 4.74 Å². The molecule has 0 radical (unpaired) electrons. The Balaban J connectivity index is 2.77. The quantitative estimate of drug-likeness (QED) is 0.916. The third-order valence-electron chi connectivity index (χ3n) is 3.22. The number of ether oxygens (including phenoxy) is 1. The third kappa shape index (κ3) is 2.69. The molecule has 0 saturated carbocycles. The van der Waals surface area contributed by atoms with Crippen LogP contribution in [0.5, 0.6) is 5.75 Å². The van der Waals surface area contributed by atoms with Crippen LogP contribution < -0.4 is 10.1 Å². The van der Waals surface area contributed by atoms with Crippen molar-refractivity contribution in [2.24, 2.45) is 0 Å². The fourth-order valence-electron chi connectivity index (χ4n) is 2.25. The van der Waals surface area contributed by atoms with Crippen molar-refractivity contribution in [3.63, 3.8) is 0 Å². The molecule has 0 aliphatic heterocycles. The molecule has 4 heteroatoms. The number of nitrogens with one attached hydrogen (secondary N) is 1. The predicted molar refractivity (Wildman–Crippen MR) is 81.1 cm³/mol. The molecule has 0 saturated heterocycles. The average Bonchev–Trinajstić information content (AvgIpc) is 2.36. The van der Waals surface area contributed by atoms with Gasteiger partial charge in [-0.25, -0.2) is 9.37 Å². The molecule has 108 valence electrons. The smallest absolute Gasteiger partial charge is 0.148 e. The Morgan fingerprint density at radius 1 is 1.25 bits per heavy atom. The van der Waals surface area contributed by atoms with Crippen molar-refractivity contribution in [2.45, 2.75) is 33.1 Å². The molecule has 0 aliphatic rings. The highest BCUT2D eigenvalue weighted by Crippen LogP contribution is 2.34. The number of nitrogens with zero attached hydrogens (tertiary/aromatic N) is 1. The lowest BCUT2D eigenvalue weighted by Gasteiger charge is -2.23. The second-order valence-corrected chi connectivity index (χ2v) is 5.84. The molecule has 3 nitrogen and oxygen atoms in total. The van der Waals surface area contributed by atoms with Crippen LogP contribution in [0.2, 0.25) is 0 Å². The zero-order chi connectivity index (χ0) is 14.9. The van der Waals surface area contributed by atoms with E-state index in [0.717, 1.165) is 23.3 Å². The van der Waals surface area contributed by atoms with E-state index in [1.54, 1.807) is 0 Å². The topological polar surface area (TPSA) is 34.2 Å². The summed E-state index contributed by atoms with van der Waals surface area (Å²) in [4.78, 5) is 4.64. The number of rotatable bonds is 3. The van der Waals surface area contributed by atoms with Gasteiger partial charge in [0.25, 0.3) is 0 Å². The highest BCUT2D eigenvalue weighted by atomic mass is 19.1. The van der Waals surface area contributed by atoms with E-state index in [2.05, 4.69) is 31.1 Å². The summed E-state index contributed by atoms with van der Waals surface area (Å²) in [6, 6.07) is 4.85. The van der Waals surface area contributed by atoms with Crippen molar-refractivity contribution < 1.29 is 9.13 Å². The summed E-state index contributed by atoms with van der Waals surface area (Å²) in [6.07, 6.45) is 0. The lowest BCUT2D eigenvalue weighted by atomic mass is 9.86. The Hall–Kier alpha value is -1.84. The minimum absolute atomic E-state index is 0.0712. The van der Waals surface area contributed by atoms with E-state index in [0.29, 0.717) is 11.3 Å². The number of hydrogen-bond acceptors (Lipinski definition) is 3. The summed E-state index contributed by atoms with van der Waals surface area (Å²) in [7, 11) is 1.53. The molecular formula is C16H21FN2O. The van der Waals surface area contributed by atoms with Gasteiger partial charge in [0, 0.05) is 23.6 Å². The summed E-state index contributed by atoms with van der Waals surface area (Å²) >= 11 is 0. The number of fused-ring (bicyclic) bond motifs is 1. The Morgan fingerprint density at radius 3 is 2.50 bits per heavy atom. The Labute approximate surface area is 119 Å². The van der Waals surface area contributed by atoms with Crippen LogP contribution in [0.25, 0.3) is 10.9 Å². The maximum absolute atomic E-state index is 13.6. The molecule has 1 heterocycles. The second-order valence-electron chi connectivity index (χ2n) is 5.84. The number of halogens is 1. The third-order valence-corrected chi connectivity index (χ3v) is 3.22. The first-order chi connectivity index (χ1) is 9.36. The van der Waals surface area contributed by atoms with Gasteiger partial charge in [-0.2, -0.15) is 0 Å². The van der Waals surface area contributed by atoms with Crippen LogP contribution >= 0.6 is 0 Å². The summed E-state index contributed by atoms with van der Waals surface area (Å²) < 4.78 is 18.9. The van der Waals surface area contributed by atoms with Crippen LogP contribution in [-0.4, -0.2) is 18.6 Å². The van der Waals surface area contributed by atoms with Gasteiger partial charge in [0.05, 0.1) is 7.11 Å². The van der Waals surface area contributed by atoms with E-state index in [9.17, 15) is 4.39 Å². The molecule has 1 aromatic carbocycles. The summed E-state index contributed by atoms with van der Waals surface area (Å²) in [5.41, 5.74) is 1.68. The minimum atomic E-state index is -0.313. The van der Waals surface area contributed by atoms with E-state index in [-0.39, 0.29) is 11.2 Å². The average molecular weight is 276 g/mol. The van der Waals surface area contributed by atoms with Gasteiger partial charge < -0.3 is 10.1 Å². The molecule has 0 bridgehead atoms. The molecule has 0 unspecified atom stereocenters. The second kappa shape index (κ2) is 5.27. The summed E-state index contributed by atoms with van der Waals surface area (Å²) in [5, 5.41) is 4.04. The number of aromatic nitrogens is 1. The normalized spacial score (nSPS) is 11.7. The summed E-state index contributed by atoms with van der Waals surface area (Å²) in [6.45, 7) is 9.17. The SMILES string of the molecule is CCNc1nc2c(OC)cc(F)cc2cc1C(C)(C)C. The fraction of sp³-hybridized carbons (Fsp3) is 0.438. The molecule has 1 aromatic heterocycles. The lowest BCUT2D eigenvalue weighted by Crippen LogP contribution is -2.16. The molecule has 0 spiro atoms. The van der Waals surface area contributed by atoms with Gasteiger partial charge in [-0.15, -0.1) is 0 Å². The van der Waals surface area contributed by atoms with Gasteiger partial charge in [0.2, 0.25) is 0 Å². The number of pyridine rings is 1. The minimum Gasteiger partial charge on any atom is -0.494 e. The van der Waals surface area contributed by atoms with Crippen molar-refractivity contribution >= 4 is 16.7 Å². The van der Waals surface area contributed by atoms with Gasteiger partial charge in [-0.3, -0.25) is 0 Å². The Morgan fingerprint density at radius 2 is 1.95 bits per heavy atom. The van der Waals surface area contributed by atoms with Crippen LogP contribution in [0, 0.1) is 5.82 Å². The van der Waals surface area contributed by atoms with Crippen molar-refractivity contribution in [3.8, 4) is 5.75 Å². The van der Waals surface area contributed by atoms with Crippen molar-refractivity contribution in [3.05, 3.63) is 29.6 Å². The molecule has 1 N–H and O–H groups in total. The van der Waals surface area contributed by atoms with Crippen LogP contribution in [-0.2, 0) is 5.41 Å². The number of anilines is 1. The van der Waals surface area contributed by atoms with E-state index < -0.39 is 0 Å². The van der Waals surface area contributed by atoms with Crippen molar-refractivity contribution in [1.82, 2.24) is 4.98 Å². The number of hydrogen-bond donors (Lipinski definition) is 1. The van der Waals surface area contributed by atoms with E-state index in [1.807, 2.05) is 13.0 Å². The molecule has 0 aliphatic carbocycles. The van der Waals surface area contributed by atoms with Crippen LogP contribution in [0.15, 0.2) is 18.2 Å². The first-order valence-corrected chi connectivity index (χ1v) is 6.79. The first-order valence-electron chi connectivity index (χ1n) is 6.79. The number of methoxy groups -OCH3 is 1. The van der Waals surface area contributed by atoms with Gasteiger partial charge >= 0.3 is 0 Å². The molecule has 0 fully saturated rings. The van der Waals surface area contributed by atoms with E-state index >= 15 is 0 Å². The first kappa shape index (κ1) is 14.6. The van der Waals surface area contributed by atoms with Gasteiger partial charge in [-0.05, 0) is 24.5 Å². The largest absolute Gasteiger partial charge is 0.494 e.